The van der Waals surface area contributed by atoms with E-state index in [0.29, 0.717) is 29.8 Å². The Bertz CT molecular complexity index is 827. The van der Waals surface area contributed by atoms with Gasteiger partial charge in [0.25, 0.3) is 0 Å². The molecule has 2 aromatic rings. The average Bonchev–Trinajstić information content (AvgIpc) is 2.88. The molecule has 131 valence electrons. The van der Waals surface area contributed by atoms with Crippen molar-refractivity contribution < 1.29 is 23.0 Å². The normalized spacial score (nSPS) is 11.7. The summed E-state index contributed by atoms with van der Waals surface area (Å²) in [6, 6.07) is 4.52. The monoisotopic (exact) mass is 353 g/mol. The summed E-state index contributed by atoms with van der Waals surface area (Å²) in [4.78, 5) is 0.0146. The van der Waals surface area contributed by atoms with Crippen LogP contribution in [0.1, 0.15) is 12.5 Å². The topological polar surface area (TPSA) is 90.7 Å². The Hall–Kier alpha value is -2.06. The molecule has 24 heavy (non-hydrogen) atoms. The highest BCUT2D eigenvalue weighted by Crippen LogP contribution is 2.40. The standard InChI is InChI=1S/C16H21N2O5S/c1-5-18-16(19)13(10-17-18)12-7-6-11(2)14(23-9-8-22-3)15(12)24(4,20)21/h7,10,19H,5,8-9H2,1-4H3. The lowest BCUT2D eigenvalue weighted by Gasteiger charge is -2.16. The molecule has 0 bridgehead atoms. The largest absolute Gasteiger partial charge is 0.493 e. The number of rotatable bonds is 7. The molecule has 2 rings (SSSR count). The lowest BCUT2D eigenvalue weighted by atomic mass is 10.1. The van der Waals surface area contributed by atoms with Crippen molar-refractivity contribution in [2.24, 2.45) is 0 Å². The van der Waals surface area contributed by atoms with Crippen LogP contribution in [0.2, 0.25) is 0 Å². The third kappa shape index (κ3) is 3.54. The third-order valence-corrected chi connectivity index (χ3v) is 4.68. The van der Waals surface area contributed by atoms with E-state index in [9.17, 15) is 13.5 Å². The molecule has 1 N–H and O–H groups in total. The highest BCUT2D eigenvalue weighted by atomic mass is 32.2. The highest BCUT2D eigenvalue weighted by Gasteiger charge is 2.25. The van der Waals surface area contributed by atoms with Gasteiger partial charge in [-0.05, 0) is 26.0 Å². The maximum absolute atomic E-state index is 12.4. The Morgan fingerprint density at radius 1 is 1.33 bits per heavy atom. The molecule has 8 heteroatoms. The van der Waals surface area contributed by atoms with Gasteiger partial charge in [0, 0.05) is 31.0 Å². The summed E-state index contributed by atoms with van der Waals surface area (Å²) < 4.78 is 36.7. The second-order valence-corrected chi connectivity index (χ2v) is 7.25. The predicted octanol–water partition coefficient (Wildman–Crippen LogP) is 1.81. The van der Waals surface area contributed by atoms with E-state index in [0.717, 1.165) is 6.26 Å². The summed E-state index contributed by atoms with van der Waals surface area (Å²) in [6.45, 7) is 4.54. The van der Waals surface area contributed by atoms with Crippen LogP contribution in [0.4, 0.5) is 0 Å². The summed E-state index contributed by atoms with van der Waals surface area (Å²) >= 11 is 0. The van der Waals surface area contributed by atoms with Crippen LogP contribution >= 0.6 is 0 Å². The summed E-state index contributed by atoms with van der Waals surface area (Å²) in [5, 5.41) is 14.3. The fourth-order valence-corrected chi connectivity index (χ4v) is 3.49. The first-order chi connectivity index (χ1) is 11.3. The second kappa shape index (κ2) is 7.23. The molecule has 1 heterocycles. The van der Waals surface area contributed by atoms with Crippen LogP contribution in [0.3, 0.4) is 0 Å². The molecule has 0 fully saturated rings. The quantitative estimate of drug-likeness (QED) is 0.764. The van der Waals surface area contributed by atoms with Gasteiger partial charge in [0.1, 0.15) is 17.3 Å². The van der Waals surface area contributed by atoms with Gasteiger partial charge in [0.15, 0.2) is 9.84 Å². The van der Waals surface area contributed by atoms with Gasteiger partial charge in [0.05, 0.1) is 18.4 Å². The minimum Gasteiger partial charge on any atom is -0.493 e. The number of sulfone groups is 1. The number of aromatic nitrogens is 2. The van der Waals surface area contributed by atoms with E-state index in [-0.39, 0.29) is 23.1 Å². The third-order valence-electron chi connectivity index (χ3n) is 3.53. The number of aromatic hydroxyl groups is 1. The van der Waals surface area contributed by atoms with Crippen LogP contribution in [0, 0.1) is 13.0 Å². The van der Waals surface area contributed by atoms with E-state index >= 15 is 0 Å². The molecule has 7 nitrogen and oxygen atoms in total. The highest BCUT2D eigenvalue weighted by molar-refractivity contribution is 7.91. The van der Waals surface area contributed by atoms with E-state index in [1.807, 2.05) is 6.92 Å². The fraction of sp³-hybridized carbons (Fsp3) is 0.438. The van der Waals surface area contributed by atoms with Crippen molar-refractivity contribution in [3.05, 3.63) is 23.9 Å². The van der Waals surface area contributed by atoms with Crippen molar-refractivity contribution in [3.63, 3.8) is 0 Å². The molecule has 0 unspecified atom stereocenters. The minimum atomic E-state index is -3.62. The molecule has 0 amide bonds. The van der Waals surface area contributed by atoms with Crippen molar-refractivity contribution >= 4 is 9.84 Å². The summed E-state index contributed by atoms with van der Waals surface area (Å²) in [5.41, 5.74) is 1.20. The average molecular weight is 353 g/mol. The van der Waals surface area contributed by atoms with E-state index in [1.54, 1.807) is 6.92 Å². The van der Waals surface area contributed by atoms with Gasteiger partial charge < -0.3 is 14.6 Å². The SMILES string of the molecule is CCn1ncc(-c2c[c]c(C)c(OCCOC)c2S(C)(=O)=O)c1O. The second-order valence-electron chi connectivity index (χ2n) is 5.30. The summed E-state index contributed by atoms with van der Waals surface area (Å²) in [5.74, 6) is 0.123. The molecule has 0 aliphatic heterocycles. The van der Waals surface area contributed by atoms with Crippen molar-refractivity contribution in [3.8, 4) is 22.8 Å². The van der Waals surface area contributed by atoms with Crippen LogP contribution in [0.25, 0.3) is 11.1 Å². The Labute approximate surface area is 141 Å². The van der Waals surface area contributed by atoms with Gasteiger partial charge in [-0.3, -0.25) is 0 Å². The molecule has 1 aromatic carbocycles. The number of ether oxygens (including phenoxy) is 2. The van der Waals surface area contributed by atoms with Gasteiger partial charge in [-0.15, -0.1) is 0 Å². The van der Waals surface area contributed by atoms with Crippen LogP contribution in [0.5, 0.6) is 11.6 Å². The Balaban J connectivity index is 2.67. The number of nitrogens with zero attached hydrogens (tertiary/aromatic N) is 2. The van der Waals surface area contributed by atoms with Gasteiger partial charge in [-0.1, -0.05) is 0 Å². The Morgan fingerprint density at radius 3 is 2.58 bits per heavy atom. The zero-order chi connectivity index (χ0) is 17.9. The van der Waals surface area contributed by atoms with Gasteiger partial charge in [-0.25, -0.2) is 13.1 Å². The maximum Gasteiger partial charge on any atom is 0.217 e. The first kappa shape index (κ1) is 18.3. The van der Waals surface area contributed by atoms with Crippen LogP contribution in [-0.2, 0) is 21.1 Å². The minimum absolute atomic E-state index is 0.0146. The molecule has 0 atom stereocenters. The summed E-state index contributed by atoms with van der Waals surface area (Å²) in [7, 11) is -2.08. The zero-order valence-electron chi connectivity index (χ0n) is 14.2. The zero-order valence-corrected chi connectivity index (χ0v) is 15.0. The van der Waals surface area contributed by atoms with E-state index in [4.69, 9.17) is 9.47 Å². The van der Waals surface area contributed by atoms with Gasteiger partial charge >= 0.3 is 0 Å². The Kier molecular flexibility index (Phi) is 5.51. The molecule has 1 aromatic heterocycles. The van der Waals surface area contributed by atoms with Crippen LogP contribution < -0.4 is 4.74 Å². The molecule has 1 radical (unpaired) electrons. The van der Waals surface area contributed by atoms with Crippen molar-refractivity contribution in [2.75, 3.05) is 26.6 Å². The van der Waals surface area contributed by atoms with Gasteiger partial charge in [-0.2, -0.15) is 5.10 Å². The van der Waals surface area contributed by atoms with Crippen LogP contribution in [0.15, 0.2) is 17.2 Å². The smallest absolute Gasteiger partial charge is 0.217 e. The Morgan fingerprint density at radius 2 is 2.04 bits per heavy atom. The first-order valence-corrected chi connectivity index (χ1v) is 9.32. The van der Waals surface area contributed by atoms with E-state index < -0.39 is 9.84 Å². The number of methoxy groups -OCH3 is 1. The van der Waals surface area contributed by atoms with E-state index in [1.165, 1.54) is 24.1 Å². The summed E-state index contributed by atoms with van der Waals surface area (Å²) in [6.07, 6.45) is 2.54. The molecule has 0 aliphatic carbocycles. The molecule has 0 spiro atoms. The molecular formula is C16H21N2O5S. The molecule has 0 saturated heterocycles. The molecule has 0 aliphatic rings. The first-order valence-electron chi connectivity index (χ1n) is 7.43. The number of benzene rings is 1. The lowest BCUT2D eigenvalue weighted by Crippen LogP contribution is -2.10. The number of aryl methyl sites for hydroxylation is 2. The maximum atomic E-state index is 12.4. The van der Waals surface area contributed by atoms with Crippen molar-refractivity contribution in [2.45, 2.75) is 25.3 Å². The predicted molar refractivity (Wildman–Crippen MR) is 89.1 cm³/mol. The van der Waals surface area contributed by atoms with Crippen LogP contribution in [-0.4, -0.2) is 49.9 Å². The van der Waals surface area contributed by atoms with Crippen molar-refractivity contribution in [1.29, 1.82) is 0 Å². The molecule has 0 saturated carbocycles. The number of hydrogen-bond donors (Lipinski definition) is 1. The van der Waals surface area contributed by atoms with Crippen molar-refractivity contribution in [1.82, 2.24) is 9.78 Å². The lowest BCUT2D eigenvalue weighted by molar-refractivity contribution is 0.144. The fourth-order valence-electron chi connectivity index (χ4n) is 2.37. The van der Waals surface area contributed by atoms with E-state index in [2.05, 4.69) is 11.2 Å². The number of hydrogen-bond acceptors (Lipinski definition) is 6. The van der Waals surface area contributed by atoms with Gasteiger partial charge in [0.2, 0.25) is 5.88 Å². The molecular weight excluding hydrogens is 332 g/mol.